The third-order valence-electron chi connectivity index (χ3n) is 3.70. The van der Waals surface area contributed by atoms with Gasteiger partial charge >= 0.3 is 0 Å². The predicted molar refractivity (Wildman–Crippen MR) is 92.2 cm³/mol. The van der Waals surface area contributed by atoms with Crippen molar-refractivity contribution in [2.75, 3.05) is 13.7 Å². The number of non-ortho nitro benzene ring substituents is 1. The van der Waals surface area contributed by atoms with Gasteiger partial charge in [-0.2, -0.15) is 0 Å². The van der Waals surface area contributed by atoms with Crippen LogP contribution in [0.25, 0.3) is 0 Å². The zero-order valence-electron chi connectivity index (χ0n) is 13.8. The van der Waals surface area contributed by atoms with Gasteiger partial charge in [-0.25, -0.2) is 13.1 Å². The average molecular weight is 382 g/mol. The van der Waals surface area contributed by atoms with Crippen molar-refractivity contribution in [1.82, 2.24) is 4.72 Å². The molecule has 2 aromatic carbocycles. The molecular weight excluding hydrogens is 364 g/mol. The van der Waals surface area contributed by atoms with Gasteiger partial charge in [-0.1, -0.05) is 0 Å². The Hall–Kier alpha value is -2.53. The molecule has 3 N–H and O–H groups in total. The Bertz CT molecular complexity index is 851. The number of nitrogens with zero attached hydrogens (tertiary/aromatic N) is 1. The Morgan fingerprint density at radius 1 is 1.15 bits per heavy atom. The molecule has 0 spiro atoms. The minimum Gasteiger partial charge on any atom is -0.497 e. The van der Waals surface area contributed by atoms with E-state index in [1.165, 1.54) is 55.6 Å². The van der Waals surface area contributed by atoms with E-state index in [9.17, 15) is 28.7 Å². The lowest BCUT2D eigenvalue weighted by atomic mass is 10.0. The van der Waals surface area contributed by atoms with Gasteiger partial charge in [0.15, 0.2) is 0 Å². The van der Waals surface area contributed by atoms with Gasteiger partial charge in [-0.3, -0.25) is 10.1 Å². The van der Waals surface area contributed by atoms with Gasteiger partial charge in [0.05, 0.1) is 35.7 Å². The summed E-state index contributed by atoms with van der Waals surface area (Å²) in [5.74, 6) is 0.480. The van der Waals surface area contributed by atoms with Gasteiger partial charge in [0.25, 0.3) is 5.69 Å². The number of ether oxygens (including phenoxy) is 1. The maximum atomic E-state index is 12.4. The Morgan fingerprint density at radius 3 is 2.19 bits per heavy atom. The summed E-state index contributed by atoms with van der Waals surface area (Å²) in [6, 6.07) is 9.33. The highest BCUT2D eigenvalue weighted by molar-refractivity contribution is 7.89. The van der Waals surface area contributed by atoms with Gasteiger partial charge in [0, 0.05) is 12.1 Å². The first kappa shape index (κ1) is 19.8. The van der Waals surface area contributed by atoms with Gasteiger partial charge < -0.3 is 14.9 Å². The minimum atomic E-state index is -4.00. The molecule has 0 aliphatic rings. The molecular formula is C16H18N2O7S. The van der Waals surface area contributed by atoms with Crippen LogP contribution in [0.4, 0.5) is 5.69 Å². The quantitative estimate of drug-likeness (QED) is 0.457. The fourth-order valence-electron chi connectivity index (χ4n) is 2.25. The van der Waals surface area contributed by atoms with E-state index in [-0.39, 0.29) is 16.1 Å². The summed E-state index contributed by atoms with van der Waals surface area (Å²) < 4.78 is 32.0. The molecule has 140 valence electrons. The van der Waals surface area contributed by atoms with Crippen LogP contribution < -0.4 is 9.46 Å². The van der Waals surface area contributed by atoms with Gasteiger partial charge in [0.2, 0.25) is 10.0 Å². The third kappa shape index (κ3) is 4.55. The first-order chi connectivity index (χ1) is 12.3. The van der Waals surface area contributed by atoms with E-state index in [1.807, 2.05) is 0 Å². The topological polar surface area (TPSA) is 139 Å². The zero-order valence-corrected chi connectivity index (χ0v) is 14.6. The number of aliphatic hydroxyl groups excluding tert-OH is 2. The van der Waals surface area contributed by atoms with E-state index in [0.717, 1.165) is 0 Å². The summed E-state index contributed by atoms with van der Waals surface area (Å²) in [4.78, 5) is 10.0. The Labute approximate surface area is 150 Å². The van der Waals surface area contributed by atoms with Crippen LogP contribution in [0.3, 0.4) is 0 Å². The highest BCUT2D eigenvalue weighted by Crippen LogP contribution is 2.22. The maximum Gasteiger partial charge on any atom is 0.269 e. The number of nitrogens with one attached hydrogen (secondary N) is 1. The normalized spacial score (nSPS) is 13.8. The number of hydrogen-bond donors (Lipinski definition) is 3. The van der Waals surface area contributed by atoms with Crippen LogP contribution in [-0.4, -0.2) is 43.3 Å². The number of hydrogen-bond acceptors (Lipinski definition) is 7. The van der Waals surface area contributed by atoms with Gasteiger partial charge in [-0.05, 0) is 42.0 Å². The molecule has 10 heteroatoms. The zero-order chi connectivity index (χ0) is 19.3. The molecule has 2 atom stereocenters. The van der Waals surface area contributed by atoms with E-state index in [0.29, 0.717) is 5.75 Å². The lowest BCUT2D eigenvalue weighted by molar-refractivity contribution is -0.384. The summed E-state index contributed by atoms with van der Waals surface area (Å²) in [7, 11) is -2.56. The molecule has 0 aliphatic carbocycles. The van der Waals surface area contributed by atoms with Crippen LogP contribution in [0.2, 0.25) is 0 Å². The number of rotatable bonds is 8. The first-order valence-electron chi connectivity index (χ1n) is 7.48. The molecule has 0 fully saturated rings. The Morgan fingerprint density at radius 2 is 1.73 bits per heavy atom. The summed E-state index contributed by atoms with van der Waals surface area (Å²) in [5.41, 5.74) is 0.0624. The van der Waals surface area contributed by atoms with Crippen molar-refractivity contribution in [2.45, 2.75) is 17.0 Å². The molecule has 0 saturated heterocycles. The average Bonchev–Trinajstić information content (AvgIpc) is 2.65. The van der Waals surface area contributed by atoms with Gasteiger partial charge in [0.1, 0.15) is 5.75 Å². The van der Waals surface area contributed by atoms with Crippen molar-refractivity contribution in [3.8, 4) is 5.75 Å². The summed E-state index contributed by atoms with van der Waals surface area (Å²) in [6.07, 6.45) is -1.39. The molecule has 9 nitrogen and oxygen atoms in total. The van der Waals surface area contributed by atoms with Crippen molar-refractivity contribution < 1.29 is 28.3 Å². The van der Waals surface area contributed by atoms with E-state index in [1.54, 1.807) is 0 Å². The molecule has 0 amide bonds. The van der Waals surface area contributed by atoms with Crippen LogP contribution in [0.15, 0.2) is 53.4 Å². The molecule has 26 heavy (non-hydrogen) atoms. The van der Waals surface area contributed by atoms with Crippen LogP contribution in [0.1, 0.15) is 11.7 Å². The van der Waals surface area contributed by atoms with E-state index in [2.05, 4.69) is 4.72 Å². The van der Waals surface area contributed by atoms with Crippen molar-refractivity contribution in [3.63, 3.8) is 0 Å². The molecule has 2 aromatic rings. The number of benzene rings is 2. The molecule has 0 unspecified atom stereocenters. The molecule has 0 radical (unpaired) electrons. The van der Waals surface area contributed by atoms with Crippen LogP contribution in [0, 0.1) is 10.1 Å². The second-order valence-electron chi connectivity index (χ2n) is 5.38. The third-order valence-corrected chi connectivity index (χ3v) is 5.21. The minimum absolute atomic E-state index is 0.0624. The lowest BCUT2D eigenvalue weighted by Gasteiger charge is -2.22. The number of sulfonamides is 1. The van der Waals surface area contributed by atoms with E-state index >= 15 is 0 Å². The molecule has 0 saturated carbocycles. The monoisotopic (exact) mass is 382 g/mol. The van der Waals surface area contributed by atoms with Crippen LogP contribution >= 0.6 is 0 Å². The van der Waals surface area contributed by atoms with Crippen LogP contribution in [0.5, 0.6) is 5.75 Å². The SMILES string of the molecule is COc1ccc(S(=O)(=O)N[C@@H](CO)[C@H](O)c2ccc([N+](=O)[O-])cc2)cc1. The molecule has 2 rings (SSSR count). The first-order valence-corrected chi connectivity index (χ1v) is 8.96. The number of aliphatic hydroxyl groups is 2. The highest BCUT2D eigenvalue weighted by Gasteiger charge is 2.27. The molecule has 0 bridgehead atoms. The molecule has 0 aromatic heterocycles. The van der Waals surface area contributed by atoms with Crippen LogP contribution in [-0.2, 0) is 10.0 Å². The Balaban J connectivity index is 2.19. The molecule has 0 aliphatic heterocycles. The van der Waals surface area contributed by atoms with E-state index < -0.39 is 33.7 Å². The maximum absolute atomic E-state index is 12.4. The smallest absolute Gasteiger partial charge is 0.269 e. The number of nitro groups is 1. The predicted octanol–water partition coefficient (Wildman–Crippen LogP) is 0.976. The summed E-state index contributed by atoms with van der Waals surface area (Å²) >= 11 is 0. The van der Waals surface area contributed by atoms with Crippen molar-refractivity contribution in [3.05, 3.63) is 64.2 Å². The summed E-state index contributed by atoms with van der Waals surface area (Å²) in [5, 5.41) is 30.5. The summed E-state index contributed by atoms with van der Waals surface area (Å²) in [6.45, 7) is -0.673. The standard InChI is InChI=1S/C16H18N2O7S/c1-25-13-6-8-14(9-7-13)26(23,24)17-15(10-19)16(20)11-2-4-12(5-3-11)18(21)22/h2-9,15-17,19-20H,10H2,1H3/t15-,16+/m0/s1. The van der Waals surface area contributed by atoms with Crippen molar-refractivity contribution >= 4 is 15.7 Å². The largest absolute Gasteiger partial charge is 0.497 e. The highest BCUT2D eigenvalue weighted by atomic mass is 32.2. The Kier molecular flexibility index (Phi) is 6.27. The lowest BCUT2D eigenvalue weighted by Crippen LogP contribution is -2.41. The van der Waals surface area contributed by atoms with Crippen molar-refractivity contribution in [2.24, 2.45) is 0 Å². The second-order valence-corrected chi connectivity index (χ2v) is 7.09. The molecule has 0 heterocycles. The fraction of sp³-hybridized carbons (Fsp3) is 0.250. The fourth-order valence-corrected chi connectivity index (χ4v) is 3.48. The number of methoxy groups -OCH3 is 1. The second kappa shape index (κ2) is 8.23. The van der Waals surface area contributed by atoms with E-state index in [4.69, 9.17) is 4.74 Å². The number of nitro benzene ring substituents is 1. The van der Waals surface area contributed by atoms with Gasteiger partial charge in [-0.15, -0.1) is 0 Å². The van der Waals surface area contributed by atoms with Crippen molar-refractivity contribution in [1.29, 1.82) is 0 Å².